The fourth-order valence-corrected chi connectivity index (χ4v) is 0. The van der Waals surface area contributed by atoms with Crippen molar-refractivity contribution >= 4 is 72.0 Å². The van der Waals surface area contributed by atoms with Gasteiger partial charge in [0.15, 0.2) is 0 Å². The third-order valence-electron chi connectivity index (χ3n) is 3.30. The van der Waals surface area contributed by atoms with E-state index < -0.39 is 7.32 Å². The molecule has 0 aromatic carbocycles. The van der Waals surface area contributed by atoms with Crippen molar-refractivity contribution < 1.29 is 33.9 Å². The standard InChI is InChI=1S/7C4H11P.BH3O3.4FH/c7*1-4(2)3-5;2-1(3)4;;;;/h7*4H,3,5H2,1-2H3;2-4H;4*1H. The molecule has 0 aliphatic carbocycles. The lowest BCUT2D eigenvalue weighted by Gasteiger charge is -1.90. The predicted octanol–water partition coefficient (Wildman–Crippen LogP) is 9.18. The van der Waals surface area contributed by atoms with Gasteiger partial charge in [-0.1, -0.05) is 96.9 Å². The Labute approximate surface area is 286 Å². The summed E-state index contributed by atoms with van der Waals surface area (Å²) in [7, 11) is 16.7. The van der Waals surface area contributed by atoms with Crippen LogP contribution in [-0.4, -0.2) is 65.5 Å². The highest BCUT2D eigenvalue weighted by Gasteiger charge is 1.92. The van der Waals surface area contributed by atoms with Gasteiger partial charge in [0.1, 0.15) is 0 Å². The van der Waals surface area contributed by atoms with E-state index in [1.807, 2.05) is 0 Å². The van der Waals surface area contributed by atoms with Crippen LogP contribution in [0, 0.1) is 41.4 Å². The summed E-state index contributed by atoms with van der Waals surface area (Å²) in [5.41, 5.74) is 0. The average molecular weight is 773 g/mol. The average Bonchev–Trinajstić information content (AvgIpc) is 2.85. The van der Waals surface area contributed by atoms with Crippen LogP contribution in [0.2, 0.25) is 0 Å². The second kappa shape index (κ2) is 75.1. The first kappa shape index (κ1) is 80.4. The molecule has 7 atom stereocenters. The zero-order valence-electron chi connectivity index (χ0n) is 30.6. The van der Waals surface area contributed by atoms with Crippen LogP contribution in [0.1, 0.15) is 96.9 Å². The third-order valence-corrected chi connectivity index (χ3v) is 9.90. The molecule has 0 radical (unpaired) electrons. The number of halogens is 4. The van der Waals surface area contributed by atoms with Gasteiger partial charge < -0.3 is 15.1 Å². The van der Waals surface area contributed by atoms with Crippen LogP contribution in [0.5, 0.6) is 0 Å². The van der Waals surface area contributed by atoms with Gasteiger partial charge in [0.05, 0.1) is 0 Å². The third kappa shape index (κ3) is 293. The maximum Gasteiger partial charge on any atom is 0.631 e. The largest absolute Gasteiger partial charge is 0.631 e. The smallest absolute Gasteiger partial charge is 0.402 e. The van der Waals surface area contributed by atoms with Crippen LogP contribution >= 0.6 is 64.7 Å². The monoisotopic (exact) mass is 772 g/mol. The zero-order valence-corrected chi connectivity index (χ0v) is 38.7. The Morgan fingerprint density at radius 1 is 0.302 bits per heavy atom. The van der Waals surface area contributed by atoms with Crippen molar-refractivity contribution in [3.05, 3.63) is 0 Å². The molecule has 0 amide bonds. The topological polar surface area (TPSA) is 60.7 Å². The second-order valence-electron chi connectivity index (χ2n) is 11.8. The number of rotatable bonds is 7. The summed E-state index contributed by atoms with van der Waals surface area (Å²) in [5.74, 6) is 5.93. The van der Waals surface area contributed by atoms with Gasteiger partial charge in [-0.25, -0.2) is 0 Å². The molecule has 0 fully saturated rings. The predicted molar refractivity (Wildman–Crippen MR) is 228 cm³/mol. The van der Waals surface area contributed by atoms with E-state index in [4.69, 9.17) is 15.1 Å². The summed E-state index contributed by atoms with van der Waals surface area (Å²) in [6, 6.07) is 0. The molecule has 43 heavy (non-hydrogen) atoms. The molecule has 280 valence electrons. The van der Waals surface area contributed by atoms with Gasteiger partial charge in [-0.05, 0) is 84.6 Å². The van der Waals surface area contributed by atoms with Gasteiger partial charge in [-0.2, -0.15) is 0 Å². The Kier molecular flexibility index (Phi) is 140. The number of hydrogen-bond donors (Lipinski definition) is 3. The van der Waals surface area contributed by atoms with Crippen molar-refractivity contribution in [3.8, 4) is 0 Å². The van der Waals surface area contributed by atoms with Crippen molar-refractivity contribution in [2.75, 3.05) is 43.1 Å². The highest BCUT2D eigenvalue weighted by atomic mass is 31.0. The number of hydrogen-bond acceptors (Lipinski definition) is 3. The molecular formula is C28H84BF4O3P7. The van der Waals surface area contributed by atoms with Gasteiger partial charge in [-0.15, -0.1) is 64.7 Å². The van der Waals surface area contributed by atoms with Crippen molar-refractivity contribution in [1.29, 1.82) is 0 Å². The molecule has 0 rings (SSSR count). The first-order chi connectivity index (χ1) is 17.6. The van der Waals surface area contributed by atoms with Crippen LogP contribution in [0.25, 0.3) is 0 Å². The highest BCUT2D eigenvalue weighted by Crippen LogP contribution is 1.97. The Hall–Kier alpha value is 2.67. The van der Waals surface area contributed by atoms with Crippen molar-refractivity contribution in [1.82, 2.24) is 0 Å². The van der Waals surface area contributed by atoms with E-state index in [-0.39, 0.29) is 18.8 Å². The SMILES string of the molecule is CC(C)CP.CC(C)CP.CC(C)CP.CC(C)CP.CC(C)CP.CC(C)CP.CC(C)CP.F.F.F.F.OB(O)O. The lowest BCUT2D eigenvalue weighted by molar-refractivity contribution is 0.278. The molecular weight excluding hydrogens is 688 g/mol. The summed E-state index contributed by atoms with van der Waals surface area (Å²) in [4.78, 5) is 0. The van der Waals surface area contributed by atoms with Gasteiger partial charge in [0, 0.05) is 0 Å². The normalized spacial score (nSPS) is 8.44. The van der Waals surface area contributed by atoms with Crippen LogP contribution < -0.4 is 0 Å². The molecule has 0 aliphatic rings. The fraction of sp³-hybridized carbons (Fsp3) is 1.00. The summed E-state index contributed by atoms with van der Waals surface area (Å²) in [6.45, 7) is 30.8. The summed E-state index contributed by atoms with van der Waals surface area (Å²) >= 11 is 0. The molecule has 0 saturated heterocycles. The van der Waals surface area contributed by atoms with Crippen molar-refractivity contribution in [2.45, 2.75) is 96.9 Å². The van der Waals surface area contributed by atoms with Crippen LogP contribution in [-0.2, 0) is 0 Å². The first-order valence-electron chi connectivity index (χ1n) is 14.6. The minimum Gasteiger partial charge on any atom is -0.402 e. The van der Waals surface area contributed by atoms with Gasteiger partial charge >= 0.3 is 7.32 Å². The van der Waals surface area contributed by atoms with Gasteiger partial charge in [0.2, 0.25) is 0 Å². The van der Waals surface area contributed by atoms with Gasteiger partial charge in [0.25, 0.3) is 0 Å². The molecule has 0 aliphatic heterocycles. The van der Waals surface area contributed by atoms with Gasteiger partial charge in [-0.3, -0.25) is 18.8 Å². The molecule has 3 nitrogen and oxygen atoms in total. The Morgan fingerprint density at radius 2 is 0.326 bits per heavy atom. The molecule has 3 N–H and O–H groups in total. The summed E-state index contributed by atoms with van der Waals surface area (Å²) < 4.78 is 0. The van der Waals surface area contributed by atoms with Crippen LogP contribution in [0.15, 0.2) is 0 Å². The van der Waals surface area contributed by atoms with E-state index in [0.717, 1.165) is 41.4 Å². The van der Waals surface area contributed by atoms with E-state index in [2.05, 4.69) is 162 Å². The summed E-state index contributed by atoms with van der Waals surface area (Å²) in [6.07, 6.45) is 8.56. The molecule has 0 saturated carbocycles. The molecule has 0 bridgehead atoms. The van der Waals surface area contributed by atoms with E-state index in [1.54, 1.807) is 0 Å². The molecule has 0 aromatic rings. The zero-order chi connectivity index (χ0) is 33.6. The first-order valence-corrected chi connectivity index (χ1v) is 20.3. The van der Waals surface area contributed by atoms with E-state index >= 15 is 0 Å². The Morgan fingerprint density at radius 3 is 0.326 bits per heavy atom. The second-order valence-corrected chi connectivity index (χ2v) is 15.1. The lowest BCUT2D eigenvalue weighted by Crippen LogP contribution is -2.07. The Bertz CT molecular complexity index is 276. The minimum absolute atomic E-state index is 0. The Balaban J connectivity index is -0.0000000252. The van der Waals surface area contributed by atoms with E-state index in [9.17, 15) is 0 Å². The molecule has 0 aromatic heterocycles. The van der Waals surface area contributed by atoms with Crippen molar-refractivity contribution in [2.24, 2.45) is 41.4 Å². The van der Waals surface area contributed by atoms with E-state index in [0.29, 0.717) is 0 Å². The maximum atomic E-state index is 7.17. The molecule has 0 heterocycles. The lowest BCUT2D eigenvalue weighted by atomic mass is 10.3. The minimum atomic E-state index is -2.17. The quantitative estimate of drug-likeness (QED) is 0.138. The van der Waals surface area contributed by atoms with Crippen LogP contribution in [0.3, 0.4) is 0 Å². The summed E-state index contributed by atoms with van der Waals surface area (Å²) in [5, 5.41) is 21.5. The van der Waals surface area contributed by atoms with Crippen molar-refractivity contribution in [3.63, 3.8) is 0 Å². The van der Waals surface area contributed by atoms with E-state index in [1.165, 1.54) is 43.1 Å². The molecule has 7 unspecified atom stereocenters. The van der Waals surface area contributed by atoms with Crippen LogP contribution in [0.4, 0.5) is 18.8 Å². The molecule has 0 spiro atoms. The maximum absolute atomic E-state index is 7.17. The fourth-order valence-electron chi connectivity index (χ4n) is 0. The highest BCUT2D eigenvalue weighted by molar-refractivity contribution is 7.17. The molecule has 15 heteroatoms.